The lowest BCUT2D eigenvalue weighted by Crippen LogP contribution is -2.29. The topological polar surface area (TPSA) is 73.6 Å². The minimum atomic E-state index is -0.462. The molecular formula is C13H17IN2O4. The van der Waals surface area contributed by atoms with E-state index in [9.17, 15) is 9.90 Å². The van der Waals surface area contributed by atoms with Gasteiger partial charge in [-0.25, -0.2) is 4.79 Å². The van der Waals surface area contributed by atoms with Gasteiger partial charge in [0.05, 0.1) is 28.6 Å². The average Bonchev–Trinajstić information content (AvgIpc) is 2.83. The Morgan fingerprint density at radius 1 is 1.75 bits per heavy atom. The highest BCUT2D eigenvalue weighted by Crippen LogP contribution is 2.30. The van der Waals surface area contributed by atoms with E-state index < -0.39 is 12.3 Å². The fraction of sp³-hybridized carbons (Fsp3) is 0.538. The monoisotopic (exact) mass is 392 g/mol. The summed E-state index contributed by atoms with van der Waals surface area (Å²) in [4.78, 5) is 15.9. The summed E-state index contributed by atoms with van der Waals surface area (Å²) in [6.07, 6.45) is 2.71. The van der Waals surface area contributed by atoms with Gasteiger partial charge in [0, 0.05) is 12.6 Å². The van der Waals surface area contributed by atoms with E-state index in [-0.39, 0.29) is 18.4 Å². The molecule has 1 aliphatic rings. The van der Waals surface area contributed by atoms with E-state index in [2.05, 4.69) is 34.2 Å². The Bertz CT molecular complexity index is 546. The zero-order valence-electron chi connectivity index (χ0n) is 11.2. The molecule has 6 nitrogen and oxygen atoms in total. The van der Waals surface area contributed by atoms with Crippen LogP contribution < -0.4 is 5.69 Å². The number of halogens is 1. The van der Waals surface area contributed by atoms with Crippen molar-refractivity contribution >= 4 is 22.6 Å². The summed E-state index contributed by atoms with van der Waals surface area (Å²) in [6, 6.07) is 0. The Hall–Kier alpha value is -0.770. The van der Waals surface area contributed by atoms with E-state index in [4.69, 9.17) is 9.47 Å². The number of hydrogen-bond donors (Lipinski definition) is 1. The first-order valence-electron chi connectivity index (χ1n) is 6.31. The minimum absolute atomic E-state index is 0.149. The van der Waals surface area contributed by atoms with E-state index in [0.29, 0.717) is 18.7 Å². The van der Waals surface area contributed by atoms with Crippen molar-refractivity contribution in [3.05, 3.63) is 38.6 Å². The third kappa shape index (κ3) is 3.27. The van der Waals surface area contributed by atoms with Crippen LogP contribution >= 0.6 is 22.6 Å². The minimum Gasteiger partial charge on any atom is -0.394 e. The largest absolute Gasteiger partial charge is 0.394 e. The maximum atomic E-state index is 11.9. The van der Waals surface area contributed by atoms with Crippen LogP contribution in [-0.2, 0) is 9.47 Å². The van der Waals surface area contributed by atoms with Crippen LogP contribution in [-0.4, -0.2) is 40.1 Å². The Labute approximate surface area is 130 Å². The van der Waals surface area contributed by atoms with E-state index in [1.807, 2.05) is 0 Å². The third-order valence-electron chi connectivity index (χ3n) is 3.18. The van der Waals surface area contributed by atoms with Gasteiger partial charge in [-0.05, 0) is 29.5 Å². The molecule has 0 saturated carbocycles. The van der Waals surface area contributed by atoms with Crippen molar-refractivity contribution in [2.75, 3.05) is 13.2 Å². The number of nitrogens with zero attached hydrogens (tertiary/aromatic N) is 2. The number of aromatic nitrogens is 2. The molecule has 0 bridgehead atoms. The first-order valence-corrected chi connectivity index (χ1v) is 7.38. The quantitative estimate of drug-likeness (QED) is 0.598. The molecule has 2 heterocycles. The van der Waals surface area contributed by atoms with Crippen molar-refractivity contribution in [3.8, 4) is 0 Å². The van der Waals surface area contributed by atoms with Crippen LogP contribution in [0.1, 0.15) is 18.3 Å². The summed E-state index contributed by atoms with van der Waals surface area (Å²) in [7, 11) is 0. The summed E-state index contributed by atoms with van der Waals surface area (Å²) in [6.45, 7) is 5.61. The maximum Gasteiger partial charge on any atom is 0.349 e. The van der Waals surface area contributed by atoms with Gasteiger partial charge in [-0.3, -0.25) is 4.57 Å². The van der Waals surface area contributed by atoms with Gasteiger partial charge in [0.15, 0.2) is 0 Å². The van der Waals surface area contributed by atoms with Crippen molar-refractivity contribution in [3.63, 3.8) is 0 Å². The molecular weight excluding hydrogens is 375 g/mol. The second-order valence-corrected chi connectivity index (χ2v) is 5.73. The molecule has 1 fully saturated rings. The molecule has 0 radical (unpaired) electrons. The zero-order valence-corrected chi connectivity index (χ0v) is 13.3. The number of ether oxygens (including phenoxy) is 2. The molecule has 0 aliphatic carbocycles. The van der Waals surface area contributed by atoms with Crippen LogP contribution in [0.5, 0.6) is 0 Å². The highest BCUT2D eigenvalue weighted by atomic mass is 127. The van der Waals surface area contributed by atoms with Gasteiger partial charge in [0.2, 0.25) is 0 Å². The van der Waals surface area contributed by atoms with Crippen molar-refractivity contribution < 1.29 is 14.6 Å². The standard InChI is InChI=1S/C13H17IN2O4/c1-3-4-19-10-5-12(20-11(10)7-17)16-6-9(14)8(2)15-13(16)18/h3,6,10-12,17H,1,4-5,7H2,2H3/t10?,11-,12-/m1/s1. The summed E-state index contributed by atoms with van der Waals surface area (Å²) < 4.78 is 13.6. The van der Waals surface area contributed by atoms with Gasteiger partial charge in [-0.15, -0.1) is 6.58 Å². The van der Waals surface area contributed by atoms with E-state index in [1.54, 1.807) is 19.2 Å². The molecule has 1 unspecified atom stereocenters. The maximum absolute atomic E-state index is 11.9. The van der Waals surface area contributed by atoms with Crippen LogP contribution in [0.3, 0.4) is 0 Å². The van der Waals surface area contributed by atoms with Gasteiger partial charge in [0.1, 0.15) is 12.3 Å². The molecule has 1 aromatic heterocycles. The third-order valence-corrected chi connectivity index (χ3v) is 4.24. The summed E-state index contributed by atoms with van der Waals surface area (Å²) >= 11 is 2.12. The number of aryl methyl sites for hydroxylation is 1. The Kier molecular flexibility index (Phi) is 5.30. The second-order valence-electron chi connectivity index (χ2n) is 4.57. The van der Waals surface area contributed by atoms with Gasteiger partial charge < -0.3 is 14.6 Å². The summed E-state index contributed by atoms with van der Waals surface area (Å²) in [5, 5.41) is 9.33. The normalized spacial score (nSPS) is 25.9. The zero-order chi connectivity index (χ0) is 14.7. The van der Waals surface area contributed by atoms with Crippen LogP contribution in [0.2, 0.25) is 0 Å². The predicted molar refractivity (Wildman–Crippen MR) is 81.5 cm³/mol. The number of aliphatic hydroxyl groups excluding tert-OH is 1. The van der Waals surface area contributed by atoms with Crippen molar-refractivity contribution in [2.24, 2.45) is 0 Å². The Morgan fingerprint density at radius 3 is 3.15 bits per heavy atom. The van der Waals surface area contributed by atoms with Crippen LogP contribution in [0.15, 0.2) is 23.6 Å². The van der Waals surface area contributed by atoms with Gasteiger partial charge >= 0.3 is 5.69 Å². The molecule has 7 heteroatoms. The van der Waals surface area contributed by atoms with E-state index in [0.717, 1.165) is 3.57 Å². The fourth-order valence-corrected chi connectivity index (χ4v) is 2.55. The molecule has 1 saturated heterocycles. The Morgan fingerprint density at radius 2 is 2.50 bits per heavy atom. The lowest BCUT2D eigenvalue weighted by molar-refractivity contribution is -0.0582. The predicted octanol–water partition coefficient (Wildman–Crippen LogP) is 1.01. The fourth-order valence-electron chi connectivity index (χ4n) is 2.13. The van der Waals surface area contributed by atoms with Gasteiger partial charge in [-0.2, -0.15) is 4.98 Å². The molecule has 1 N–H and O–H groups in total. The van der Waals surface area contributed by atoms with Crippen molar-refractivity contribution in [2.45, 2.75) is 31.8 Å². The summed E-state index contributed by atoms with van der Waals surface area (Å²) in [5.74, 6) is 0. The van der Waals surface area contributed by atoms with Gasteiger partial charge in [0.25, 0.3) is 0 Å². The lowest BCUT2D eigenvalue weighted by atomic mass is 10.2. The molecule has 0 amide bonds. The molecule has 110 valence electrons. The highest BCUT2D eigenvalue weighted by molar-refractivity contribution is 14.1. The Balaban J connectivity index is 2.20. The second kappa shape index (κ2) is 6.79. The first-order chi connectivity index (χ1) is 9.56. The van der Waals surface area contributed by atoms with E-state index in [1.165, 1.54) is 4.57 Å². The smallest absolute Gasteiger partial charge is 0.349 e. The molecule has 3 atom stereocenters. The first kappa shape index (κ1) is 15.6. The number of rotatable bonds is 5. The van der Waals surface area contributed by atoms with E-state index >= 15 is 0 Å². The highest BCUT2D eigenvalue weighted by Gasteiger charge is 2.37. The van der Waals surface area contributed by atoms with Crippen molar-refractivity contribution in [1.29, 1.82) is 0 Å². The molecule has 1 aromatic rings. The SMILES string of the molecule is C=CCOC1C[C@H](n2cc(I)c(C)nc2=O)O[C@@H]1CO. The molecule has 2 rings (SSSR count). The van der Waals surface area contributed by atoms with Crippen LogP contribution in [0, 0.1) is 10.5 Å². The molecule has 1 aliphatic heterocycles. The average molecular weight is 392 g/mol. The molecule has 0 aromatic carbocycles. The number of hydrogen-bond acceptors (Lipinski definition) is 5. The molecule has 20 heavy (non-hydrogen) atoms. The summed E-state index contributed by atoms with van der Waals surface area (Å²) in [5.41, 5.74) is 0.344. The van der Waals surface area contributed by atoms with Crippen LogP contribution in [0.4, 0.5) is 0 Å². The number of aliphatic hydroxyl groups is 1. The molecule has 0 spiro atoms. The van der Waals surface area contributed by atoms with Crippen molar-refractivity contribution in [1.82, 2.24) is 9.55 Å². The lowest BCUT2D eigenvalue weighted by Gasteiger charge is -2.15. The van der Waals surface area contributed by atoms with Gasteiger partial charge in [-0.1, -0.05) is 6.08 Å². The van der Waals surface area contributed by atoms with Crippen LogP contribution in [0.25, 0.3) is 0 Å².